The Kier molecular flexibility index (Phi) is 8.14. The summed E-state index contributed by atoms with van der Waals surface area (Å²) < 4.78 is 10.1. The van der Waals surface area contributed by atoms with E-state index in [9.17, 15) is 19.2 Å². The summed E-state index contributed by atoms with van der Waals surface area (Å²) in [5.74, 6) is -2.41. The molecule has 1 heterocycles. The lowest BCUT2D eigenvalue weighted by molar-refractivity contribution is -0.150. The predicted molar refractivity (Wildman–Crippen MR) is 124 cm³/mol. The Morgan fingerprint density at radius 2 is 1.71 bits per heavy atom. The maximum absolute atomic E-state index is 13.8. The van der Waals surface area contributed by atoms with Crippen LogP contribution in [0.1, 0.15) is 30.5 Å². The van der Waals surface area contributed by atoms with Gasteiger partial charge >= 0.3 is 12.1 Å². The molecule has 9 heteroatoms. The molecule has 0 saturated carbocycles. The van der Waals surface area contributed by atoms with Gasteiger partial charge in [0.15, 0.2) is 23.1 Å². The van der Waals surface area contributed by atoms with E-state index >= 15 is 0 Å². The number of ketones is 2. The van der Waals surface area contributed by atoms with Crippen molar-refractivity contribution in [2.24, 2.45) is 5.73 Å². The topological polar surface area (TPSA) is 137 Å². The maximum Gasteiger partial charge on any atom is 0.408 e. The first kappa shape index (κ1) is 25.1. The van der Waals surface area contributed by atoms with Crippen molar-refractivity contribution in [3.63, 3.8) is 0 Å². The van der Waals surface area contributed by atoms with E-state index < -0.39 is 41.3 Å². The highest BCUT2D eigenvalue weighted by Gasteiger charge is 2.54. The third-order valence-electron chi connectivity index (χ3n) is 5.71. The van der Waals surface area contributed by atoms with E-state index in [1.165, 1.54) is 6.92 Å². The Balaban J connectivity index is 1.86. The Morgan fingerprint density at radius 3 is 2.41 bits per heavy atom. The molecular formula is C25H29N3O6. The summed E-state index contributed by atoms with van der Waals surface area (Å²) in [6.07, 6.45) is -0.236. The van der Waals surface area contributed by atoms with Crippen LogP contribution in [-0.4, -0.2) is 48.9 Å². The average Bonchev–Trinajstić information content (AvgIpc) is 2.86. The summed E-state index contributed by atoms with van der Waals surface area (Å²) >= 11 is 0. The van der Waals surface area contributed by atoms with Gasteiger partial charge in [0.25, 0.3) is 0 Å². The lowest BCUT2D eigenvalue weighted by atomic mass is 9.72. The van der Waals surface area contributed by atoms with Crippen LogP contribution in [0.2, 0.25) is 0 Å². The predicted octanol–water partition coefficient (Wildman–Crippen LogP) is 1.37. The summed E-state index contributed by atoms with van der Waals surface area (Å²) in [5.41, 5.74) is 5.98. The first-order chi connectivity index (χ1) is 16.3. The third-order valence-corrected chi connectivity index (χ3v) is 5.71. The van der Waals surface area contributed by atoms with Crippen molar-refractivity contribution < 1.29 is 28.7 Å². The van der Waals surface area contributed by atoms with Gasteiger partial charge in [0.2, 0.25) is 0 Å². The number of hydrogen-bond donors (Lipinski definition) is 3. The van der Waals surface area contributed by atoms with E-state index in [2.05, 4.69) is 10.6 Å². The van der Waals surface area contributed by atoms with Gasteiger partial charge in [-0.25, -0.2) is 9.59 Å². The number of fused-ring (bicyclic) bond motifs is 1. The fraction of sp³-hybridized carbons (Fsp3) is 0.360. The first-order valence-corrected chi connectivity index (χ1v) is 11.1. The summed E-state index contributed by atoms with van der Waals surface area (Å²) in [7, 11) is 0. The Bertz CT molecular complexity index is 1060. The quantitative estimate of drug-likeness (QED) is 0.372. The van der Waals surface area contributed by atoms with Crippen molar-refractivity contribution >= 4 is 23.6 Å². The van der Waals surface area contributed by atoms with Gasteiger partial charge in [-0.1, -0.05) is 54.6 Å². The van der Waals surface area contributed by atoms with Gasteiger partial charge in [-0.3, -0.25) is 14.9 Å². The number of benzene rings is 2. The molecule has 0 spiro atoms. The van der Waals surface area contributed by atoms with Crippen LogP contribution in [0.25, 0.3) is 0 Å². The first-order valence-electron chi connectivity index (χ1n) is 11.1. The number of alkyl carbamates (subject to hydrolysis) is 1. The molecular weight excluding hydrogens is 438 g/mol. The van der Waals surface area contributed by atoms with Gasteiger partial charge in [0.1, 0.15) is 6.61 Å². The average molecular weight is 468 g/mol. The number of nitrogens with two attached hydrogens (primary N) is 1. The van der Waals surface area contributed by atoms with Gasteiger partial charge in [0, 0.05) is 6.54 Å². The fourth-order valence-corrected chi connectivity index (χ4v) is 4.05. The van der Waals surface area contributed by atoms with Crippen LogP contribution < -0.4 is 16.4 Å². The van der Waals surface area contributed by atoms with E-state index in [-0.39, 0.29) is 13.2 Å². The number of esters is 1. The van der Waals surface area contributed by atoms with Crippen molar-refractivity contribution in [3.05, 3.63) is 71.3 Å². The molecule has 2 aromatic carbocycles. The maximum atomic E-state index is 13.8. The van der Waals surface area contributed by atoms with E-state index in [0.29, 0.717) is 18.5 Å². The van der Waals surface area contributed by atoms with Gasteiger partial charge in [-0.2, -0.15) is 0 Å². The summed E-state index contributed by atoms with van der Waals surface area (Å²) in [6, 6.07) is 13.2. The van der Waals surface area contributed by atoms with E-state index in [4.69, 9.17) is 15.2 Å². The minimum absolute atomic E-state index is 0.0203. The second kappa shape index (κ2) is 11.0. The molecule has 180 valence electrons. The SMILES string of the molecule is CCOC(=O)C(N)C(=O)C1(C(=O)[C@H](C)NC(=O)OCc2ccccc2)NCCc2ccccc21. The van der Waals surface area contributed by atoms with Gasteiger partial charge in [-0.15, -0.1) is 0 Å². The molecule has 3 rings (SSSR count). The number of Topliss-reactive ketones (excluding diaryl/α,β-unsaturated/α-hetero) is 2. The minimum Gasteiger partial charge on any atom is -0.464 e. The largest absolute Gasteiger partial charge is 0.464 e. The molecule has 0 saturated heterocycles. The van der Waals surface area contributed by atoms with Crippen LogP contribution in [0.15, 0.2) is 54.6 Å². The van der Waals surface area contributed by atoms with E-state index in [1.807, 2.05) is 24.3 Å². The van der Waals surface area contributed by atoms with Crippen molar-refractivity contribution in [2.75, 3.05) is 13.2 Å². The molecule has 1 aliphatic heterocycles. The van der Waals surface area contributed by atoms with Crippen molar-refractivity contribution in [1.82, 2.24) is 10.6 Å². The molecule has 1 amide bonds. The van der Waals surface area contributed by atoms with Crippen LogP contribution in [0.3, 0.4) is 0 Å². The molecule has 2 unspecified atom stereocenters. The second-order valence-corrected chi connectivity index (χ2v) is 7.97. The standard InChI is InChI=1S/C25H29N3O6/c1-3-33-23(31)20(26)22(30)25(19-12-8-7-11-18(19)13-14-27-25)21(29)16(2)28-24(32)34-15-17-9-5-4-6-10-17/h4-12,16,20,27H,3,13-15,26H2,1-2H3,(H,28,32)/t16-,20?,25?/m0/s1. The Labute approximate surface area is 198 Å². The number of rotatable bonds is 9. The second-order valence-electron chi connectivity index (χ2n) is 7.97. The number of carbonyl (C=O) groups excluding carboxylic acids is 4. The van der Waals surface area contributed by atoms with Gasteiger partial charge < -0.3 is 20.5 Å². The van der Waals surface area contributed by atoms with Gasteiger partial charge in [0.05, 0.1) is 12.6 Å². The Morgan fingerprint density at radius 1 is 1.03 bits per heavy atom. The summed E-state index contributed by atoms with van der Waals surface area (Å²) in [5, 5.41) is 5.49. The van der Waals surface area contributed by atoms with E-state index in [0.717, 1.165) is 11.1 Å². The normalized spacial score (nSPS) is 18.7. The lowest BCUT2D eigenvalue weighted by Crippen LogP contribution is -2.67. The molecule has 2 aromatic rings. The molecule has 0 bridgehead atoms. The zero-order valence-electron chi connectivity index (χ0n) is 19.2. The minimum atomic E-state index is -1.92. The highest BCUT2D eigenvalue weighted by atomic mass is 16.5. The number of nitrogens with one attached hydrogen (secondary N) is 2. The van der Waals surface area contributed by atoms with Crippen LogP contribution in [0.4, 0.5) is 4.79 Å². The van der Waals surface area contributed by atoms with Crippen molar-refractivity contribution in [1.29, 1.82) is 0 Å². The fourth-order valence-electron chi connectivity index (χ4n) is 4.05. The van der Waals surface area contributed by atoms with Gasteiger partial charge in [-0.05, 0) is 37.0 Å². The van der Waals surface area contributed by atoms with E-state index in [1.54, 1.807) is 37.3 Å². The highest BCUT2D eigenvalue weighted by molar-refractivity contribution is 6.21. The molecule has 0 aliphatic carbocycles. The number of ether oxygens (including phenoxy) is 2. The molecule has 4 N–H and O–H groups in total. The number of hydrogen-bond acceptors (Lipinski definition) is 8. The molecule has 0 radical (unpaired) electrons. The molecule has 3 atom stereocenters. The molecule has 34 heavy (non-hydrogen) atoms. The number of amides is 1. The summed E-state index contributed by atoms with van der Waals surface area (Å²) in [4.78, 5) is 52.0. The zero-order valence-corrected chi connectivity index (χ0v) is 19.2. The highest BCUT2D eigenvalue weighted by Crippen LogP contribution is 2.33. The molecule has 0 aromatic heterocycles. The molecule has 0 fully saturated rings. The van der Waals surface area contributed by atoms with Crippen LogP contribution in [0, 0.1) is 0 Å². The monoisotopic (exact) mass is 467 g/mol. The van der Waals surface area contributed by atoms with Crippen molar-refractivity contribution in [2.45, 2.75) is 44.5 Å². The molecule has 1 aliphatic rings. The van der Waals surface area contributed by atoms with Crippen LogP contribution >= 0.6 is 0 Å². The Hall–Kier alpha value is -3.56. The van der Waals surface area contributed by atoms with Crippen molar-refractivity contribution in [3.8, 4) is 0 Å². The molecule has 9 nitrogen and oxygen atoms in total. The zero-order chi connectivity index (χ0) is 24.7. The smallest absolute Gasteiger partial charge is 0.408 e. The van der Waals surface area contributed by atoms with Crippen LogP contribution in [-0.2, 0) is 42.4 Å². The summed E-state index contributed by atoms with van der Waals surface area (Å²) in [6.45, 7) is 3.41. The lowest BCUT2D eigenvalue weighted by Gasteiger charge is -2.40. The number of carbonyl (C=O) groups is 4. The third kappa shape index (κ3) is 5.16. The van der Waals surface area contributed by atoms with Crippen LogP contribution in [0.5, 0.6) is 0 Å².